The maximum Gasteiger partial charge on any atom is 0.203 e. The highest BCUT2D eigenvalue weighted by molar-refractivity contribution is 5.53. The Morgan fingerprint density at radius 1 is 1.19 bits per heavy atom. The molecule has 0 bridgehead atoms. The van der Waals surface area contributed by atoms with Crippen molar-refractivity contribution in [2.75, 3.05) is 28.3 Å². The number of hydrogen-bond donors (Lipinski definition) is 1. The summed E-state index contributed by atoms with van der Waals surface area (Å²) in [5.74, 6) is -1.69. The predicted molar refractivity (Wildman–Crippen MR) is 58.0 cm³/mol. The average Bonchev–Trinajstić information content (AvgIpc) is 2.32. The Hall–Kier alpha value is -1.46. The molecule has 5 nitrogen and oxygen atoms in total. The zero-order valence-electron chi connectivity index (χ0n) is 14.8. The van der Waals surface area contributed by atoms with Crippen molar-refractivity contribution < 1.29 is 32.3 Å². The van der Waals surface area contributed by atoms with Gasteiger partial charge in [-0.05, 0) is 12.1 Å². The number of phenolic OH excluding ortho intramolecular Hbond substituents is 1. The summed E-state index contributed by atoms with van der Waals surface area (Å²) in [7, 11) is -3.09. The lowest BCUT2D eigenvalue weighted by Gasteiger charge is -2.16. The molecule has 0 heterocycles. The van der Waals surface area contributed by atoms with Crippen LogP contribution in [0.25, 0.3) is 0 Å². The zero-order valence-corrected chi connectivity index (χ0v) is 8.81. The average molecular weight is 234 g/mol. The Labute approximate surface area is 103 Å². The Morgan fingerprint density at radius 2 is 1.88 bits per heavy atom. The molecule has 90 valence electrons. The molecule has 16 heavy (non-hydrogen) atoms. The molecule has 0 radical (unpaired) electrons. The molecular weight excluding hydrogens is 212 g/mol. The first-order chi connectivity index (χ1) is 9.96. The molecule has 0 aliphatic heterocycles. The molecule has 0 amide bonds. The van der Waals surface area contributed by atoms with Gasteiger partial charge in [0.25, 0.3) is 0 Å². The van der Waals surface area contributed by atoms with Crippen molar-refractivity contribution in [3.63, 3.8) is 0 Å². The van der Waals surface area contributed by atoms with E-state index < -0.39 is 37.6 Å². The molecule has 0 fully saturated rings. The molecule has 1 aromatic carbocycles. The van der Waals surface area contributed by atoms with E-state index in [0.29, 0.717) is 0 Å². The van der Waals surface area contributed by atoms with Crippen LogP contribution in [0.1, 0.15) is 20.1 Å². The molecule has 0 unspecified atom stereocenters. The van der Waals surface area contributed by atoms with Crippen LogP contribution in [0, 0.1) is 0 Å². The first-order valence-corrected chi connectivity index (χ1v) is 4.27. The monoisotopic (exact) mass is 234 g/mol. The standard InChI is InChI=1S/C11H16O5/c1-13-9-6-7(11(15-3)16-4)5-8(12)10(9)14-2/h5-6,11-12H,1-4H3/i1D3,2D3. The van der Waals surface area contributed by atoms with Crippen LogP contribution in [0.15, 0.2) is 12.1 Å². The summed E-state index contributed by atoms with van der Waals surface area (Å²) >= 11 is 0. The van der Waals surface area contributed by atoms with E-state index in [0.717, 1.165) is 12.1 Å². The number of aromatic hydroxyl groups is 1. The summed E-state index contributed by atoms with van der Waals surface area (Å²) in [5, 5.41) is 9.92. The highest BCUT2D eigenvalue weighted by Crippen LogP contribution is 2.39. The van der Waals surface area contributed by atoms with E-state index in [1.54, 1.807) is 0 Å². The van der Waals surface area contributed by atoms with Gasteiger partial charge in [0.1, 0.15) is 0 Å². The van der Waals surface area contributed by atoms with Crippen LogP contribution in [0.2, 0.25) is 0 Å². The van der Waals surface area contributed by atoms with E-state index in [2.05, 4.69) is 4.74 Å². The summed E-state index contributed by atoms with van der Waals surface area (Å²) in [5.41, 5.74) is 0.222. The lowest BCUT2D eigenvalue weighted by molar-refractivity contribution is -0.106. The van der Waals surface area contributed by atoms with E-state index in [9.17, 15) is 5.11 Å². The summed E-state index contributed by atoms with van der Waals surface area (Å²) in [6.07, 6.45) is -0.910. The largest absolute Gasteiger partial charge is 0.504 e. The third kappa shape index (κ3) is 2.37. The second-order valence-electron chi connectivity index (χ2n) is 2.87. The first-order valence-electron chi connectivity index (χ1n) is 7.27. The fraction of sp³-hybridized carbons (Fsp3) is 0.455. The number of phenols is 1. The van der Waals surface area contributed by atoms with Crippen LogP contribution in [0.3, 0.4) is 0 Å². The topological polar surface area (TPSA) is 57.2 Å². The SMILES string of the molecule is [2H]C([2H])([2H])Oc1cc(C(OC)OC)cc(O)c1OC([2H])([2H])[2H]. The molecule has 0 saturated carbocycles. The second-order valence-corrected chi connectivity index (χ2v) is 2.87. The van der Waals surface area contributed by atoms with Crippen LogP contribution >= 0.6 is 0 Å². The molecular formula is C11H16O5. The highest BCUT2D eigenvalue weighted by Gasteiger charge is 2.16. The Kier molecular flexibility index (Phi) is 2.20. The molecule has 0 aliphatic carbocycles. The minimum absolute atomic E-state index is 0.222. The van der Waals surface area contributed by atoms with E-state index in [4.69, 9.17) is 22.4 Å². The van der Waals surface area contributed by atoms with Crippen molar-refractivity contribution in [2.24, 2.45) is 0 Å². The van der Waals surface area contributed by atoms with Gasteiger partial charge < -0.3 is 24.1 Å². The van der Waals surface area contributed by atoms with Gasteiger partial charge in [-0.25, -0.2) is 0 Å². The second kappa shape index (κ2) is 5.58. The van der Waals surface area contributed by atoms with Crippen molar-refractivity contribution in [3.8, 4) is 17.2 Å². The third-order valence-corrected chi connectivity index (χ3v) is 1.97. The maximum atomic E-state index is 9.92. The number of rotatable bonds is 5. The Morgan fingerprint density at radius 3 is 2.44 bits per heavy atom. The van der Waals surface area contributed by atoms with Crippen molar-refractivity contribution >= 4 is 0 Å². The van der Waals surface area contributed by atoms with E-state index in [1.807, 2.05) is 0 Å². The fourth-order valence-electron chi connectivity index (χ4n) is 1.29. The molecule has 0 spiro atoms. The number of hydrogen-bond acceptors (Lipinski definition) is 5. The quantitative estimate of drug-likeness (QED) is 0.786. The molecule has 1 rings (SSSR count). The minimum atomic E-state index is -2.90. The zero-order chi connectivity index (χ0) is 17.1. The Bertz CT molecular complexity index is 509. The van der Waals surface area contributed by atoms with Gasteiger partial charge in [0.05, 0.1) is 22.3 Å². The van der Waals surface area contributed by atoms with E-state index in [1.165, 1.54) is 14.2 Å². The molecule has 0 aromatic heterocycles. The summed E-state index contributed by atoms with van der Waals surface area (Å²) in [6, 6.07) is 2.29. The van der Waals surface area contributed by atoms with E-state index in [-0.39, 0.29) is 5.56 Å². The van der Waals surface area contributed by atoms with Crippen molar-refractivity contribution in [1.82, 2.24) is 0 Å². The smallest absolute Gasteiger partial charge is 0.203 e. The number of methoxy groups -OCH3 is 4. The normalized spacial score (nSPS) is 17.7. The van der Waals surface area contributed by atoms with Gasteiger partial charge in [-0.1, -0.05) is 0 Å². The van der Waals surface area contributed by atoms with Crippen molar-refractivity contribution in [1.29, 1.82) is 0 Å². The minimum Gasteiger partial charge on any atom is -0.504 e. The number of benzene rings is 1. The van der Waals surface area contributed by atoms with Gasteiger partial charge in [0, 0.05) is 19.8 Å². The predicted octanol–water partition coefficient (Wildman–Crippen LogP) is 1.70. The van der Waals surface area contributed by atoms with E-state index >= 15 is 0 Å². The first kappa shape index (κ1) is 6.32. The summed E-state index contributed by atoms with van der Waals surface area (Å²) in [4.78, 5) is 0. The van der Waals surface area contributed by atoms with Gasteiger partial charge in [-0.3, -0.25) is 0 Å². The molecule has 5 heteroatoms. The third-order valence-electron chi connectivity index (χ3n) is 1.97. The van der Waals surface area contributed by atoms with Crippen LogP contribution in [0.5, 0.6) is 17.2 Å². The number of ether oxygens (including phenoxy) is 4. The highest BCUT2D eigenvalue weighted by atomic mass is 16.7. The van der Waals surface area contributed by atoms with Crippen LogP contribution < -0.4 is 9.47 Å². The summed E-state index contributed by atoms with van der Waals surface area (Å²) in [6.45, 7) is 0. The molecule has 1 aromatic rings. The van der Waals surface area contributed by atoms with Crippen LogP contribution in [0.4, 0.5) is 0 Å². The fourth-order valence-corrected chi connectivity index (χ4v) is 1.29. The maximum absolute atomic E-state index is 9.92. The molecule has 0 saturated heterocycles. The lowest BCUT2D eigenvalue weighted by Crippen LogP contribution is -2.04. The van der Waals surface area contributed by atoms with Crippen LogP contribution in [-0.2, 0) is 9.47 Å². The van der Waals surface area contributed by atoms with Gasteiger partial charge in [0.15, 0.2) is 17.8 Å². The summed E-state index contributed by atoms with van der Waals surface area (Å²) < 4.78 is 61.8. The van der Waals surface area contributed by atoms with Gasteiger partial charge in [0.2, 0.25) is 5.75 Å². The molecule has 0 aliphatic rings. The Balaban J connectivity index is 3.36. The van der Waals surface area contributed by atoms with Crippen molar-refractivity contribution in [2.45, 2.75) is 6.29 Å². The van der Waals surface area contributed by atoms with Gasteiger partial charge >= 0.3 is 0 Å². The van der Waals surface area contributed by atoms with Crippen LogP contribution in [-0.4, -0.2) is 33.4 Å². The van der Waals surface area contributed by atoms with Gasteiger partial charge in [-0.2, -0.15) is 0 Å². The molecule has 1 N–H and O–H groups in total. The molecule has 0 atom stereocenters. The van der Waals surface area contributed by atoms with Gasteiger partial charge in [-0.15, -0.1) is 0 Å². The van der Waals surface area contributed by atoms with Crippen molar-refractivity contribution in [3.05, 3.63) is 17.7 Å². The lowest BCUT2D eigenvalue weighted by atomic mass is 10.1.